The van der Waals surface area contributed by atoms with Crippen molar-refractivity contribution in [1.82, 2.24) is 15.5 Å². The SMILES string of the molecule is CC(OCCCNC(=NCc1ccccc1)NCC(=O)N(C)C)c1ccccc1.I. The van der Waals surface area contributed by atoms with Crippen molar-refractivity contribution < 1.29 is 9.53 Å². The van der Waals surface area contributed by atoms with Crippen molar-refractivity contribution in [3.8, 4) is 0 Å². The summed E-state index contributed by atoms with van der Waals surface area (Å²) in [6.45, 7) is 4.16. The summed E-state index contributed by atoms with van der Waals surface area (Å²) in [4.78, 5) is 18.0. The van der Waals surface area contributed by atoms with Crippen LogP contribution in [0.3, 0.4) is 0 Å². The molecular formula is C23H33IN4O2. The van der Waals surface area contributed by atoms with Gasteiger partial charge in [-0.05, 0) is 24.5 Å². The molecule has 0 saturated heterocycles. The number of likely N-dealkylation sites (N-methyl/N-ethyl adjacent to an activating group) is 1. The van der Waals surface area contributed by atoms with Crippen molar-refractivity contribution in [2.75, 3.05) is 33.8 Å². The standard InChI is InChI=1S/C23H32N4O2.HI/c1-19(21-13-8-5-9-14-21)29-16-10-15-24-23(26-18-22(28)27(2)3)25-17-20-11-6-4-7-12-20;/h4-9,11-14,19H,10,15-18H2,1-3H3,(H2,24,25,26);1H. The van der Waals surface area contributed by atoms with Crippen molar-refractivity contribution in [3.05, 3.63) is 71.8 Å². The fourth-order valence-electron chi connectivity index (χ4n) is 2.60. The zero-order valence-electron chi connectivity index (χ0n) is 18.0. The van der Waals surface area contributed by atoms with Crippen LogP contribution < -0.4 is 10.6 Å². The molecule has 0 fully saturated rings. The van der Waals surface area contributed by atoms with E-state index in [1.165, 1.54) is 5.56 Å². The second-order valence-corrected chi connectivity index (χ2v) is 7.00. The highest BCUT2D eigenvalue weighted by Gasteiger charge is 2.07. The average Bonchev–Trinajstić information content (AvgIpc) is 2.75. The maximum absolute atomic E-state index is 11.9. The molecule has 2 aromatic carbocycles. The molecule has 0 aliphatic carbocycles. The minimum atomic E-state index is -0.000713. The third kappa shape index (κ3) is 10.1. The summed E-state index contributed by atoms with van der Waals surface area (Å²) in [5.41, 5.74) is 2.29. The van der Waals surface area contributed by atoms with Gasteiger partial charge in [0.1, 0.15) is 0 Å². The molecule has 0 aliphatic rings. The average molecular weight is 524 g/mol. The lowest BCUT2D eigenvalue weighted by molar-refractivity contribution is -0.127. The van der Waals surface area contributed by atoms with Gasteiger partial charge in [0.2, 0.25) is 5.91 Å². The predicted octanol–water partition coefficient (Wildman–Crippen LogP) is 3.60. The Morgan fingerprint density at radius 1 is 1.03 bits per heavy atom. The smallest absolute Gasteiger partial charge is 0.241 e. The van der Waals surface area contributed by atoms with Crippen LogP contribution in [0.2, 0.25) is 0 Å². The van der Waals surface area contributed by atoms with Crippen LogP contribution in [0.25, 0.3) is 0 Å². The number of halogens is 1. The zero-order valence-corrected chi connectivity index (χ0v) is 20.3. The Morgan fingerprint density at radius 2 is 1.67 bits per heavy atom. The predicted molar refractivity (Wildman–Crippen MR) is 133 cm³/mol. The van der Waals surface area contributed by atoms with E-state index in [1.807, 2.05) is 48.5 Å². The number of benzene rings is 2. The second kappa shape index (κ2) is 14.8. The summed E-state index contributed by atoms with van der Waals surface area (Å²) >= 11 is 0. The van der Waals surface area contributed by atoms with Gasteiger partial charge in [-0.1, -0.05) is 60.7 Å². The third-order valence-corrected chi connectivity index (χ3v) is 4.42. The van der Waals surface area contributed by atoms with E-state index >= 15 is 0 Å². The molecule has 1 amide bonds. The quantitative estimate of drug-likeness (QED) is 0.216. The van der Waals surface area contributed by atoms with Crippen LogP contribution in [0.15, 0.2) is 65.7 Å². The number of amides is 1. The van der Waals surface area contributed by atoms with Crippen molar-refractivity contribution in [1.29, 1.82) is 0 Å². The number of carbonyl (C=O) groups excluding carboxylic acids is 1. The molecule has 0 heterocycles. The number of rotatable bonds is 10. The minimum Gasteiger partial charge on any atom is -0.374 e. The van der Waals surface area contributed by atoms with Gasteiger partial charge in [0.05, 0.1) is 19.2 Å². The number of hydrogen-bond acceptors (Lipinski definition) is 3. The van der Waals surface area contributed by atoms with Gasteiger partial charge in [0.25, 0.3) is 0 Å². The van der Waals surface area contributed by atoms with Gasteiger partial charge in [-0.3, -0.25) is 4.79 Å². The van der Waals surface area contributed by atoms with Crippen LogP contribution in [0.5, 0.6) is 0 Å². The summed E-state index contributed by atoms with van der Waals surface area (Å²) < 4.78 is 5.91. The van der Waals surface area contributed by atoms with E-state index in [1.54, 1.807) is 19.0 Å². The fraction of sp³-hybridized carbons (Fsp3) is 0.391. The van der Waals surface area contributed by atoms with E-state index in [4.69, 9.17) is 4.74 Å². The number of ether oxygens (including phenoxy) is 1. The number of carbonyl (C=O) groups is 1. The zero-order chi connectivity index (χ0) is 20.9. The van der Waals surface area contributed by atoms with Crippen LogP contribution in [-0.4, -0.2) is 50.6 Å². The molecule has 0 bridgehead atoms. The summed E-state index contributed by atoms with van der Waals surface area (Å²) in [7, 11) is 3.48. The highest BCUT2D eigenvalue weighted by atomic mass is 127. The van der Waals surface area contributed by atoms with E-state index in [0.29, 0.717) is 25.7 Å². The van der Waals surface area contributed by atoms with E-state index in [-0.39, 0.29) is 42.5 Å². The Hall–Kier alpha value is -2.13. The van der Waals surface area contributed by atoms with Crippen LogP contribution in [-0.2, 0) is 16.1 Å². The molecule has 164 valence electrons. The Balaban J connectivity index is 0.00000450. The van der Waals surface area contributed by atoms with Gasteiger partial charge in [-0.25, -0.2) is 4.99 Å². The highest BCUT2D eigenvalue weighted by Crippen LogP contribution is 2.15. The third-order valence-electron chi connectivity index (χ3n) is 4.42. The first-order valence-corrected chi connectivity index (χ1v) is 9.99. The van der Waals surface area contributed by atoms with Crippen LogP contribution in [0, 0.1) is 0 Å². The molecule has 7 heteroatoms. The lowest BCUT2D eigenvalue weighted by Crippen LogP contribution is -2.43. The van der Waals surface area contributed by atoms with Gasteiger partial charge in [0.15, 0.2) is 5.96 Å². The first-order valence-electron chi connectivity index (χ1n) is 9.99. The first kappa shape index (κ1) is 25.9. The van der Waals surface area contributed by atoms with Crippen molar-refractivity contribution in [2.24, 2.45) is 4.99 Å². The minimum absolute atomic E-state index is 0. The molecule has 2 N–H and O–H groups in total. The Bertz CT molecular complexity index is 754. The van der Waals surface area contributed by atoms with Crippen LogP contribution in [0.1, 0.15) is 30.6 Å². The van der Waals surface area contributed by atoms with Crippen molar-refractivity contribution in [2.45, 2.75) is 26.0 Å². The number of hydrogen-bond donors (Lipinski definition) is 2. The maximum Gasteiger partial charge on any atom is 0.241 e. The molecule has 6 nitrogen and oxygen atoms in total. The molecule has 0 spiro atoms. The van der Waals surface area contributed by atoms with E-state index in [9.17, 15) is 4.79 Å². The van der Waals surface area contributed by atoms with Crippen molar-refractivity contribution in [3.63, 3.8) is 0 Å². The lowest BCUT2D eigenvalue weighted by Gasteiger charge is -2.16. The molecular weight excluding hydrogens is 491 g/mol. The van der Waals surface area contributed by atoms with Gasteiger partial charge >= 0.3 is 0 Å². The highest BCUT2D eigenvalue weighted by molar-refractivity contribution is 14.0. The molecule has 30 heavy (non-hydrogen) atoms. The lowest BCUT2D eigenvalue weighted by atomic mass is 10.1. The molecule has 1 atom stereocenters. The molecule has 2 aromatic rings. The summed E-state index contributed by atoms with van der Waals surface area (Å²) in [5, 5.41) is 6.39. The Labute approximate surface area is 197 Å². The number of guanidine groups is 1. The van der Waals surface area contributed by atoms with E-state index < -0.39 is 0 Å². The van der Waals surface area contributed by atoms with Gasteiger partial charge in [-0.2, -0.15) is 0 Å². The molecule has 0 aromatic heterocycles. The van der Waals surface area contributed by atoms with Gasteiger partial charge < -0.3 is 20.3 Å². The number of nitrogens with one attached hydrogen (secondary N) is 2. The summed E-state index contributed by atoms with van der Waals surface area (Å²) in [5.74, 6) is 0.624. The molecule has 1 unspecified atom stereocenters. The molecule has 0 aliphatic heterocycles. The van der Waals surface area contributed by atoms with E-state index in [2.05, 4.69) is 34.7 Å². The largest absolute Gasteiger partial charge is 0.374 e. The summed E-state index contributed by atoms with van der Waals surface area (Å²) in [6.07, 6.45) is 0.906. The Kier molecular flexibility index (Phi) is 12.8. The van der Waals surface area contributed by atoms with Gasteiger partial charge in [0, 0.05) is 27.2 Å². The normalized spacial score (nSPS) is 11.9. The van der Waals surface area contributed by atoms with Crippen LogP contribution in [0.4, 0.5) is 0 Å². The van der Waals surface area contributed by atoms with Crippen LogP contribution >= 0.6 is 24.0 Å². The second-order valence-electron chi connectivity index (χ2n) is 7.00. The fourth-order valence-corrected chi connectivity index (χ4v) is 2.60. The molecule has 0 saturated carbocycles. The summed E-state index contributed by atoms with van der Waals surface area (Å²) in [6, 6.07) is 20.2. The van der Waals surface area contributed by atoms with Crippen molar-refractivity contribution >= 4 is 35.8 Å². The first-order chi connectivity index (χ1) is 14.1. The van der Waals surface area contributed by atoms with Gasteiger partial charge in [-0.15, -0.1) is 24.0 Å². The number of aliphatic imine (C=N–C) groups is 1. The maximum atomic E-state index is 11.9. The monoisotopic (exact) mass is 524 g/mol. The molecule has 0 radical (unpaired) electrons. The van der Waals surface area contributed by atoms with E-state index in [0.717, 1.165) is 12.0 Å². The molecule has 2 rings (SSSR count). The topological polar surface area (TPSA) is 66.0 Å². The Morgan fingerprint density at radius 3 is 2.30 bits per heavy atom. The number of nitrogens with zero attached hydrogens (tertiary/aromatic N) is 2.